The van der Waals surface area contributed by atoms with Gasteiger partial charge < -0.3 is 10.5 Å². The summed E-state index contributed by atoms with van der Waals surface area (Å²) < 4.78 is 5.68. The van der Waals surface area contributed by atoms with Crippen molar-refractivity contribution in [3.05, 3.63) is 29.8 Å². The van der Waals surface area contributed by atoms with Crippen molar-refractivity contribution in [1.82, 2.24) is 4.90 Å². The molecule has 17 heavy (non-hydrogen) atoms. The molecule has 1 fully saturated rings. The van der Waals surface area contributed by atoms with E-state index in [-0.39, 0.29) is 0 Å². The van der Waals surface area contributed by atoms with Crippen molar-refractivity contribution in [1.29, 1.82) is 0 Å². The van der Waals surface area contributed by atoms with Gasteiger partial charge in [0.15, 0.2) is 0 Å². The molecule has 1 aliphatic rings. The number of anilines is 1. The quantitative estimate of drug-likeness (QED) is 0.794. The molecule has 2 rings (SSSR count). The molecule has 1 unspecified atom stereocenters. The van der Waals surface area contributed by atoms with Crippen molar-refractivity contribution in [2.75, 3.05) is 25.4 Å². The molecule has 0 amide bonds. The first-order chi connectivity index (χ1) is 8.28. The Morgan fingerprint density at radius 1 is 1.35 bits per heavy atom. The summed E-state index contributed by atoms with van der Waals surface area (Å²) in [6.07, 6.45) is 2.85. The predicted octanol–water partition coefficient (Wildman–Crippen LogP) is 2.27. The first kappa shape index (κ1) is 12.4. The van der Waals surface area contributed by atoms with E-state index in [1.165, 1.54) is 18.4 Å². The summed E-state index contributed by atoms with van der Waals surface area (Å²) in [5.74, 6) is 0. The number of hydrogen-bond acceptors (Lipinski definition) is 3. The van der Waals surface area contributed by atoms with Gasteiger partial charge in [-0.05, 0) is 37.1 Å². The Balaban J connectivity index is 1.87. The molecular weight excluding hydrogens is 212 g/mol. The Morgan fingerprint density at radius 3 is 2.71 bits per heavy atom. The summed E-state index contributed by atoms with van der Waals surface area (Å²) in [5.41, 5.74) is 7.84. The Morgan fingerprint density at radius 2 is 2.12 bits per heavy atom. The average Bonchev–Trinajstić information content (AvgIpc) is 2.84. The zero-order valence-corrected chi connectivity index (χ0v) is 10.6. The highest BCUT2D eigenvalue weighted by molar-refractivity contribution is 5.39. The normalized spacial score (nSPS) is 20.0. The topological polar surface area (TPSA) is 38.5 Å². The molecule has 1 aromatic carbocycles. The molecule has 0 bridgehead atoms. The van der Waals surface area contributed by atoms with Crippen LogP contribution in [-0.2, 0) is 11.3 Å². The molecule has 1 heterocycles. The summed E-state index contributed by atoms with van der Waals surface area (Å²) in [4.78, 5) is 2.43. The molecule has 1 saturated heterocycles. The highest BCUT2D eigenvalue weighted by atomic mass is 16.5. The highest BCUT2D eigenvalue weighted by Crippen LogP contribution is 2.15. The third kappa shape index (κ3) is 3.72. The largest absolute Gasteiger partial charge is 0.399 e. The van der Waals surface area contributed by atoms with Crippen LogP contribution in [-0.4, -0.2) is 30.7 Å². The molecular formula is C14H22N2O. The van der Waals surface area contributed by atoms with Crippen LogP contribution in [0.1, 0.15) is 25.3 Å². The number of benzene rings is 1. The molecule has 0 radical (unpaired) electrons. The summed E-state index contributed by atoms with van der Waals surface area (Å²) >= 11 is 0. The maximum Gasteiger partial charge on any atom is 0.0702 e. The fraction of sp³-hybridized carbons (Fsp3) is 0.571. The third-order valence-electron chi connectivity index (χ3n) is 3.32. The van der Waals surface area contributed by atoms with Crippen LogP contribution in [0.2, 0.25) is 0 Å². The van der Waals surface area contributed by atoms with Gasteiger partial charge in [0.2, 0.25) is 0 Å². The molecule has 3 nitrogen and oxygen atoms in total. The van der Waals surface area contributed by atoms with Gasteiger partial charge in [-0.2, -0.15) is 0 Å². The maximum atomic E-state index is 5.69. The molecule has 0 spiro atoms. The molecule has 0 saturated carbocycles. The monoisotopic (exact) mass is 234 g/mol. The number of rotatable bonds is 5. The van der Waals surface area contributed by atoms with E-state index in [0.717, 1.165) is 31.9 Å². The van der Waals surface area contributed by atoms with Crippen molar-refractivity contribution in [3.8, 4) is 0 Å². The van der Waals surface area contributed by atoms with Crippen LogP contribution in [0.5, 0.6) is 0 Å². The van der Waals surface area contributed by atoms with Crippen LogP contribution in [0, 0.1) is 0 Å². The number of nitrogen functional groups attached to an aromatic ring is 1. The summed E-state index contributed by atoms with van der Waals surface area (Å²) in [6, 6.07) is 8.14. The zero-order valence-electron chi connectivity index (χ0n) is 10.6. The molecule has 0 aliphatic carbocycles. The lowest BCUT2D eigenvalue weighted by atomic mass is 10.1. The van der Waals surface area contributed by atoms with E-state index in [4.69, 9.17) is 10.5 Å². The Kier molecular flexibility index (Phi) is 4.40. The lowest BCUT2D eigenvalue weighted by molar-refractivity contribution is 0.0725. The van der Waals surface area contributed by atoms with E-state index in [9.17, 15) is 0 Å². The molecule has 1 aromatic rings. The van der Waals surface area contributed by atoms with Gasteiger partial charge >= 0.3 is 0 Å². The van der Waals surface area contributed by atoms with Crippen molar-refractivity contribution in [2.24, 2.45) is 0 Å². The van der Waals surface area contributed by atoms with Gasteiger partial charge in [0, 0.05) is 25.4 Å². The zero-order chi connectivity index (χ0) is 12.1. The third-order valence-corrected chi connectivity index (χ3v) is 3.32. The minimum Gasteiger partial charge on any atom is -0.399 e. The van der Waals surface area contributed by atoms with Gasteiger partial charge in [0.1, 0.15) is 0 Å². The van der Waals surface area contributed by atoms with Gasteiger partial charge in [-0.15, -0.1) is 0 Å². The van der Waals surface area contributed by atoms with E-state index in [1.54, 1.807) is 0 Å². The molecule has 3 heteroatoms. The van der Waals surface area contributed by atoms with E-state index in [2.05, 4.69) is 24.0 Å². The van der Waals surface area contributed by atoms with Crippen molar-refractivity contribution in [3.63, 3.8) is 0 Å². The average molecular weight is 234 g/mol. The molecule has 94 valence electrons. The Bertz CT molecular complexity index is 331. The smallest absolute Gasteiger partial charge is 0.0702 e. The standard InChI is InChI=1S/C14H22N2O/c1-2-16(11-14-4-3-9-17-14)10-12-5-7-13(15)8-6-12/h5-8,14H,2-4,9-11,15H2,1H3. The van der Waals surface area contributed by atoms with Gasteiger partial charge in [0.05, 0.1) is 6.10 Å². The fourth-order valence-corrected chi connectivity index (χ4v) is 2.26. The van der Waals surface area contributed by atoms with E-state index >= 15 is 0 Å². The van der Waals surface area contributed by atoms with Gasteiger partial charge in [-0.25, -0.2) is 0 Å². The maximum absolute atomic E-state index is 5.69. The van der Waals surface area contributed by atoms with Crippen molar-refractivity contribution < 1.29 is 4.74 Å². The molecule has 2 N–H and O–H groups in total. The first-order valence-corrected chi connectivity index (χ1v) is 6.46. The summed E-state index contributed by atoms with van der Waals surface area (Å²) in [7, 11) is 0. The van der Waals surface area contributed by atoms with Crippen LogP contribution in [0.15, 0.2) is 24.3 Å². The van der Waals surface area contributed by atoms with E-state index in [0.29, 0.717) is 6.10 Å². The Labute approximate surface area is 104 Å². The van der Waals surface area contributed by atoms with Crippen LogP contribution in [0.25, 0.3) is 0 Å². The second-order valence-electron chi connectivity index (χ2n) is 4.70. The van der Waals surface area contributed by atoms with Gasteiger partial charge in [-0.3, -0.25) is 4.90 Å². The lowest BCUT2D eigenvalue weighted by Gasteiger charge is -2.23. The highest BCUT2D eigenvalue weighted by Gasteiger charge is 2.18. The predicted molar refractivity (Wildman–Crippen MR) is 70.8 cm³/mol. The Hall–Kier alpha value is -1.06. The lowest BCUT2D eigenvalue weighted by Crippen LogP contribution is -2.31. The van der Waals surface area contributed by atoms with Crippen LogP contribution >= 0.6 is 0 Å². The fourth-order valence-electron chi connectivity index (χ4n) is 2.26. The number of hydrogen-bond donors (Lipinski definition) is 1. The van der Waals surface area contributed by atoms with Crippen molar-refractivity contribution >= 4 is 5.69 Å². The van der Waals surface area contributed by atoms with Crippen molar-refractivity contribution in [2.45, 2.75) is 32.4 Å². The summed E-state index contributed by atoms with van der Waals surface area (Å²) in [6.45, 7) is 6.22. The van der Waals surface area contributed by atoms with E-state index < -0.39 is 0 Å². The second kappa shape index (κ2) is 6.03. The minimum atomic E-state index is 0.434. The molecule has 1 atom stereocenters. The number of ether oxygens (including phenoxy) is 1. The number of likely N-dealkylation sites (N-methyl/N-ethyl adjacent to an activating group) is 1. The second-order valence-corrected chi connectivity index (χ2v) is 4.70. The number of nitrogens with zero attached hydrogens (tertiary/aromatic N) is 1. The molecule has 1 aliphatic heterocycles. The van der Waals surface area contributed by atoms with Crippen LogP contribution in [0.4, 0.5) is 5.69 Å². The number of nitrogens with two attached hydrogens (primary N) is 1. The first-order valence-electron chi connectivity index (χ1n) is 6.46. The SMILES string of the molecule is CCN(Cc1ccc(N)cc1)CC1CCCO1. The van der Waals surface area contributed by atoms with Crippen LogP contribution < -0.4 is 5.73 Å². The summed E-state index contributed by atoms with van der Waals surface area (Å²) in [5, 5.41) is 0. The van der Waals surface area contributed by atoms with E-state index in [1.807, 2.05) is 12.1 Å². The van der Waals surface area contributed by atoms with Crippen LogP contribution in [0.3, 0.4) is 0 Å². The van der Waals surface area contributed by atoms with Gasteiger partial charge in [-0.1, -0.05) is 19.1 Å². The molecule has 0 aromatic heterocycles. The minimum absolute atomic E-state index is 0.434. The van der Waals surface area contributed by atoms with Gasteiger partial charge in [0.25, 0.3) is 0 Å².